The lowest BCUT2D eigenvalue weighted by Gasteiger charge is -2.10. The van der Waals surface area contributed by atoms with Gasteiger partial charge in [0.05, 0.1) is 28.0 Å². The Kier molecular flexibility index (Phi) is 4.14. The van der Waals surface area contributed by atoms with E-state index < -0.39 is 16.6 Å². The summed E-state index contributed by atoms with van der Waals surface area (Å²) in [5.74, 6) is 0. The number of halogens is 2. The standard InChI is InChI=1S/C10H9BrClN3O3S/c11-9-7(12)2-1-3-8(9)15-19(17,18)10-6(5-16)4-13-14-10/h1-4,15-16H,5H2,(H,13,14). The molecule has 1 aromatic carbocycles. The summed E-state index contributed by atoms with van der Waals surface area (Å²) in [7, 11) is -3.87. The van der Waals surface area contributed by atoms with Crippen molar-refractivity contribution < 1.29 is 13.5 Å². The molecule has 2 aromatic rings. The predicted molar refractivity (Wildman–Crippen MR) is 74.5 cm³/mol. The van der Waals surface area contributed by atoms with Gasteiger partial charge in [0.2, 0.25) is 0 Å². The molecule has 0 atom stereocenters. The van der Waals surface area contributed by atoms with E-state index in [0.717, 1.165) is 0 Å². The van der Waals surface area contributed by atoms with Gasteiger partial charge in [0.1, 0.15) is 0 Å². The molecule has 9 heteroatoms. The molecule has 0 aliphatic heterocycles. The molecule has 19 heavy (non-hydrogen) atoms. The van der Waals surface area contributed by atoms with E-state index in [1.807, 2.05) is 0 Å². The first-order valence-corrected chi connectivity index (χ1v) is 7.71. The van der Waals surface area contributed by atoms with E-state index in [-0.39, 0.29) is 10.6 Å². The zero-order valence-electron chi connectivity index (χ0n) is 9.39. The van der Waals surface area contributed by atoms with Crippen molar-refractivity contribution in [2.75, 3.05) is 4.72 Å². The number of sulfonamides is 1. The maximum Gasteiger partial charge on any atom is 0.279 e. The van der Waals surface area contributed by atoms with Gasteiger partial charge in [-0.3, -0.25) is 9.82 Å². The fourth-order valence-electron chi connectivity index (χ4n) is 1.42. The second-order valence-corrected chi connectivity index (χ2v) is 6.41. The highest BCUT2D eigenvalue weighted by molar-refractivity contribution is 9.10. The molecule has 0 saturated carbocycles. The van der Waals surface area contributed by atoms with Crippen LogP contribution in [0.2, 0.25) is 5.02 Å². The second kappa shape index (κ2) is 5.49. The van der Waals surface area contributed by atoms with Gasteiger partial charge in [0, 0.05) is 5.56 Å². The highest BCUT2D eigenvalue weighted by Crippen LogP contribution is 2.31. The highest BCUT2D eigenvalue weighted by atomic mass is 79.9. The molecule has 0 unspecified atom stereocenters. The monoisotopic (exact) mass is 365 g/mol. The Morgan fingerprint density at radius 2 is 2.21 bits per heavy atom. The molecule has 1 heterocycles. The van der Waals surface area contributed by atoms with Crippen molar-refractivity contribution in [1.82, 2.24) is 10.2 Å². The maximum atomic E-state index is 12.1. The Labute approximate surface area is 123 Å². The highest BCUT2D eigenvalue weighted by Gasteiger charge is 2.21. The number of hydrogen-bond donors (Lipinski definition) is 3. The van der Waals surface area contributed by atoms with E-state index in [4.69, 9.17) is 16.7 Å². The summed E-state index contributed by atoms with van der Waals surface area (Å²) in [5, 5.41) is 15.2. The molecule has 0 radical (unpaired) electrons. The second-order valence-electron chi connectivity index (χ2n) is 3.59. The van der Waals surface area contributed by atoms with Crippen LogP contribution in [0.4, 0.5) is 5.69 Å². The summed E-state index contributed by atoms with van der Waals surface area (Å²) in [6, 6.07) is 4.80. The number of rotatable bonds is 4. The molecule has 0 spiro atoms. The lowest BCUT2D eigenvalue weighted by Crippen LogP contribution is -2.15. The first-order valence-electron chi connectivity index (χ1n) is 5.05. The number of nitrogens with one attached hydrogen (secondary N) is 2. The van der Waals surface area contributed by atoms with Crippen LogP contribution in [0, 0.1) is 0 Å². The van der Waals surface area contributed by atoms with Crippen LogP contribution in [-0.2, 0) is 16.6 Å². The van der Waals surface area contributed by atoms with Crippen LogP contribution in [0.1, 0.15) is 5.56 Å². The Hall–Kier alpha value is -1.09. The van der Waals surface area contributed by atoms with Crippen LogP contribution in [0.5, 0.6) is 0 Å². The summed E-state index contributed by atoms with van der Waals surface area (Å²) >= 11 is 9.08. The number of anilines is 1. The van der Waals surface area contributed by atoms with Gasteiger partial charge < -0.3 is 5.11 Å². The number of aliphatic hydroxyl groups excluding tert-OH is 1. The minimum atomic E-state index is -3.87. The molecule has 0 bridgehead atoms. The normalized spacial score (nSPS) is 11.5. The SMILES string of the molecule is O=S(=O)(Nc1cccc(Cl)c1Br)c1[nH]ncc1CO. The molecule has 0 saturated heterocycles. The van der Waals surface area contributed by atoms with Gasteiger partial charge in [-0.1, -0.05) is 17.7 Å². The quantitative estimate of drug-likeness (QED) is 0.772. The molecule has 2 rings (SSSR count). The van der Waals surface area contributed by atoms with E-state index in [1.54, 1.807) is 18.2 Å². The van der Waals surface area contributed by atoms with Crippen molar-refractivity contribution in [2.24, 2.45) is 0 Å². The van der Waals surface area contributed by atoms with Gasteiger partial charge in [-0.05, 0) is 28.1 Å². The first kappa shape index (κ1) is 14.3. The third-order valence-electron chi connectivity index (χ3n) is 2.31. The summed E-state index contributed by atoms with van der Waals surface area (Å²) < 4.78 is 27.1. The number of aliphatic hydroxyl groups is 1. The summed E-state index contributed by atoms with van der Waals surface area (Å²) in [6.07, 6.45) is 1.25. The average Bonchev–Trinajstić information content (AvgIpc) is 2.84. The number of aromatic amines is 1. The third kappa shape index (κ3) is 2.92. The summed E-state index contributed by atoms with van der Waals surface area (Å²) in [5.41, 5.74) is 0.483. The molecular weight excluding hydrogens is 358 g/mol. The summed E-state index contributed by atoms with van der Waals surface area (Å²) in [6.45, 7) is -0.427. The van der Waals surface area contributed by atoms with E-state index in [1.165, 1.54) is 6.20 Å². The Morgan fingerprint density at radius 3 is 2.89 bits per heavy atom. The molecule has 102 valence electrons. The van der Waals surface area contributed by atoms with Crippen molar-refractivity contribution in [1.29, 1.82) is 0 Å². The molecule has 0 amide bonds. The Bertz CT molecular complexity index is 702. The topological polar surface area (TPSA) is 95.1 Å². The minimum Gasteiger partial charge on any atom is -0.392 e. The van der Waals surface area contributed by atoms with Gasteiger partial charge in [-0.15, -0.1) is 0 Å². The lowest BCUT2D eigenvalue weighted by atomic mass is 10.3. The van der Waals surface area contributed by atoms with Gasteiger partial charge in [0.25, 0.3) is 10.0 Å². The zero-order valence-corrected chi connectivity index (χ0v) is 12.6. The van der Waals surface area contributed by atoms with Crippen LogP contribution in [-0.4, -0.2) is 23.7 Å². The van der Waals surface area contributed by atoms with Crippen LogP contribution < -0.4 is 4.72 Å². The summed E-state index contributed by atoms with van der Waals surface area (Å²) in [4.78, 5) is 0. The molecule has 0 fully saturated rings. The number of H-pyrrole nitrogens is 1. The van der Waals surface area contributed by atoms with Crippen LogP contribution in [0.3, 0.4) is 0 Å². The molecule has 0 aliphatic rings. The largest absolute Gasteiger partial charge is 0.392 e. The van der Waals surface area contributed by atoms with Crippen LogP contribution in [0.15, 0.2) is 33.9 Å². The third-order valence-corrected chi connectivity index (χ3v) is 5.09. The fraction of sp³-hybridized carbons (Fsp3) is 0.100. The molecule has 6 nitrogen and oxygen atoms in total. The smallest absolute Gasteiger partial charge is 0.279 e. The lowest BCUT2D eigenvalue weighted by molar-refractivity contribution is 0.278. The van der Waals surface area contributed by atoms with E-state index in [9.17, 15) is 8.42 Å². The fourth-order valence-corrected chi connectivity index (χ4v) is 3.29. The van der Waals surface area contributed by atoms with Crippen LogP contribution >= 0.6 is 27.5 Å². The first-order chi connectivity index (χ1) is 8.95. The van der Waals surface area contributed by atoms with E-state index in [0.29, 0.717) is 15.2 Å². The number of hydrogen-bond acceptors (Lipinski definition) is 4. The van der Waals surface area contributed by atoms with Gasteiger partial charge in [0.15, 0.2) is 5.03 Å². The molecular formula is C10H9BrClN3O3S. The van der Waals surface area contributed by atoms with Gasteiger partial charge in [-0.2, -0.15) is 13.5 Å². The van der Waals surface area contributed by atoms with E-state index >= 15 is 0 Å². The van der Waals surface area contributed by atoms with E-state index in [2.05, 4.69) is 30.8 Å². The van der Waals surface area contributed by atoms with Crippen LogP contribution in [0.25, 0.3) is 0 Å². The number of nitrogens with zero attached hydrogens (tertiary/aromatic N) is 1. The van der Waals surface area contributed by atoms with Crippen molar-refractivity contribution >= 4 is 43.2 Å². The van der Waals surface area contributed by atoms with Crippen molar-refractivity contribution in [3.63, 3.8) is 0 Å². The van der Waals surface area contributed by atoms with Crippen molar-refractivity contribution in [3.8, 4) is 0 Å². The Balaban J connectivity index is 2.40. The minimum absolute atomic E-state index is 0.179. The van der Waals surface area contributed by atoms with Gasteiger partial charge in [-0.25, -0.2) is 0 Å². The maximum absolute atomic E-state index is 12.1. The molecule has 0 aliphatic carbocycles. The number of aromatic nitrogens is 2. The predicted octanol–water partition coefficient (Wildman–Crippen LogP) is 2.12. The molecule has 1 aromatic heterocycles. The number of benzene rings is 1. The Morgan fingerprint density at radius 1 is 1.47 bits per heavy atom. The van der Waals surface area contributed by atoms with Crippen molar-refractivity contribution in [3.05, 3.63) is 39.5 Å². The van der Waals surface area contributed by atoms with Crippen molar-refractivity contribution in [2.45, 2.75) is 11.6 Å². The molecule has 3 N–H and O–H groups in total. The zero-order chi connectivity index (χ0) is 14.0. The van der Waals surface area contributed by atoms with Gasteiger partial charge >= 0.3 is 0 Å². The average molecular weight is 367 g/mol.